The molecule has 0 saturated heterocycles. The molecule has 8 nitrogen and oxygen atoms in total. The van der Waals surface area contributed by atoms with Crippen LogP contribution in [0.1, 0.15) is 16.1 Å². The van der Waals surface area contributed by atoms with Crippen molar-refractivity contribution in [2.24, 2.45) is 5.73 Å². The van der Waals surface area contributed by atoms with E-state index in [9.17, 15) is 9.59 Å². The third-order valence-corrected chi connectivity index (χ3v) is 4.26. The molecule has 0 aliphatic rings. The van der Waals surface area contributed by atoms with Crippen molar-refractivity contribution in [1.29, 1.82) is 0 Å². The van der Waals surface area contributed by atoms with Crippen molar-refractivity contribution in [3.05, 3.63) is 57.8 Å². The number of urea groups is 1. The highest BCUT2D eigenvalue weighted by atomic mass is 35.5. The standard InChI is InChI=1S/C17H12Cl2N2O6S/c1-28-27-26-25-9-3-5-11-13(7-9)24-16(14(11)21-17(20)23)15(22)10-4-2-8(18)6-12(10)19/h2-7H,1H3,(H3,20,21,23). The average molecular weight is 443 g/mol. The van der Waals surface area contributed by atoms with E-state index in [0.29, 0.717) is 10.4 Å². The lowest BCUT2D eigenvalue weighted by Crippen LogP contribution is -2.20. The van der Waals surface area contributed by atoms with E-state index in [4.69, 9.17) is 38.2 Å². The van der Waals surface area contributed by atoms with Gasteiger partial charge in [-0.15, -0.1) is 4.33 Å². The molecule has 11 heteroatoms. The summed E-state index contributed by atoms with van der Waals surface area (Å²) < 4.78 is 10.2. The van der Waals surface area contributed by atoms with Gasteiger partial charge in [0.15, 0.2) is 11.5 Å². The lowest BCUT2D eigenvalue weighted by Gasteiger charge is -2.05. The number of ketones is 1. The monoisotopic (exact) mass is 442 g/mol. The van der Waals surface area contributed by atoms with Crippen LogP contribution in [0.25, 0.3) is 11.0 Å². The molecule has 0 atom stereocenters. The SMILES string of the molecule is CSOOOc1ccc2c(NC(N)=O)c(C(=O)c3ccc(Cl)cc3Cl)oc2c1. The Balaban J connectivity index is 2.06. The Morgan fingerprint density at radius 3 is 2.64 bits per heavy atom. The first-order chi connectivity index (χ1) is 13.4. The summed E-state index contributed by atoms with van der Waals surface area (Å²) in [5.41, 5.74) is 5.72. The van der Waals surface area contributed by atoms with Gasteiger partial charge in [0.05, 0.1) is 5.02 Å². The Morgan fingerprint density at radius 2 is 1.96 bits per heavy atom. The van der Waals surface area contributed by atoms with E-state index in [-0.39, 0.29) is 33.4 Å². The molecule has 0 fully saturated rings. The van der Waals surface area contributed by atoms with Crippen LogP contribution in [0.4, 0.5) is 10.5 Å². The summed E-state index contributed by atoms with van der Waals surface area (Å²) in [6.07, 6.45) is 1.64. The molecule has 146 valence electrons. The molecule has 28 heavy (non-hydrogen) atoms. The molecule has 0 unspecified atom stereocenters. The molecule has 0 spiro atoms. The number of nitrogens with two attached hydrogens (primary N) is 1. The summed E-state index contributed by atoms with van der Waals surface area (Å²) >= 11 is 12.9. The molecule has 1 heterocycles. The number of hydrogen-bond donors (Lipinski definition) is 2. The minimum absolute atomic E-state index is 0.103. The highest BCUT2D eigenvalue weighted by Gasteiger charge is 2.25. The molecule has 1 aromatic heterocycles. The molecule has 2 aromatic carbocycles. The van der Waals surface area contributed by atoms with Gasteiger partial charge in [0.2, 0.25) is 5.78 Å². The van der Waals surface area contributed by atoms with E-state index in [2.05, 4.69) is 14.7 Å². The van der Waals surface area contributed by atoms with Gasteiger partial charge < -0.3 is 20.4 Å². The zero-order valence-corrected chi connectivity index (χ0v) is 16.5. The number of carbonyl (C=O) groups excluding carboxylic acids is 2. The zero-order chi connectivity index (χ0) is 20.3. The van der Waals surface area contributed by atoms with E-state index in [0.717, 1.165) is 12.0 Å². The second-order valence-electron chi connectivity index (χ2n) is 5.29. The number of amides is 2. The lowest BCUT2D eigenvalue weighted by atomic mass is 10.1. The van der Waals surface area contributed by atoms with E-state index in [1.807, 2.05) is 0 Å². The van der Waals surface area contributed by atoms with Crippen LogP contribution >= 0.6 is 35.2 Å². The second kappa shape index (κ2) is 8.72. The third kappa shape index (κ3) is 4.34. The fraction of sp³-hybridized carbons (Fsp3) is 0.0588. The number of halogens is 2. The van der Waals surface area contributed by atoms with Gasteiger partial charge >= 0.3 is 6.03 Å². The molecule has 0 bridgehead atoms. The Morgan fingerprint density at radius 1 is 1.18 bits per heavy atom. The largest absolute Gasteiger partial charge is 0.450 e. The van der Waals surface area contributed by atoms with Crippen LogP contribution in [-0.2, 0) is 9.37 Å². The molecule has 3 rings (SSSR count). The highest BCUT2D eigenvalue weighted by molar-refractivity contribution is 7.93. The Hall–Kier alpha value is -2.43. The van der Waals surface area contributed by atoms with Crippen molar-refractivity contribution in [2.45, 2.75) is 0 Å². The smallest absolute Gasteiger partial charge is 0.316 e. The predicted octanol–water partition coefficient (Wildman–Crippen LogP) is 4.98. The zero-order valence-electron chi connectivity index (χ0n) is 14.2. The maximum Gasteiger partial charge on any atom is 0.316 e. The van der Waals surface area contributed by atoms with Crippen LogP contribution in [0.2, 0.25) is 10.0 Å². The number of primary amides is 1. The summed E-state index contributed by atoms with van der Waals surface area (Å²) in [6, 6.07) is 8.06. The number of nitrogens with one attached hydrogen (secondary N) is 1. The van der Waals surface area contributed by atoms with E-state index < -0.39 is 11.8 Å². The van der Waals surface area contributed by atoms with Gasteiger partial charge in [-0.3, -0.25) is 4.79 Å². The summed E-state index contributed by atoms with van der Waals surface area (Å²) in [6.45, 7) is 0. The topological polar surface area (TPSA) is 113 Å². The second-order valence-corrected chi connectivity index (χ2v) is 6.61. The van der Waals surface area contributed by atoms with Crippen molar-refractivity contribution in [3.63, 3.8) is 0 Å². The van der Waals surface area contributed by atoms with Gasteiger partial charge in [0.1, 0.15) is 11.3 Å². The molecule has 3 aromatic rings. The Labute approximate surface area is 172 Å². The summed E-state index contributed by atoms with van der Waals surface area (Å²) in [5, 5.41) is 7.83. The normalized spacial score (nSPS) is 10.8. The van der Waals surface area contributed by atoms with E-state index in [1.165, 1.54) is 30.3 Å². The number of hydrogen-bond acceptors (Lipinski definition) is 7. The summed E-state index contributed by atoms with van der Waals surface area (Å²) in [5.74, 6) is -0.480. The van der Waals surface area contributed by atoms with Gasteiger partial charge in [0.25, 0.3) is 0 Å². The minimum Gasteiger partial charge on any atom is -0.450 e. The molecule has 0 saturated carbocycles. The molecular formula is C17H12Cl2N2O6S. The van der Waals surface area contributed by atoms with Crippen LogP contribution in [-0.4, -0.2) is 18.1 Å². The number of anilines is 1. The van der Waals surface area contributed by atoms with Crippen molar-refractivity contribution >= 4 is 63.7 Å². The molecule has 0 radical (unpaired) electrons. The van der Waals surface area contributed by atoms with Crippen LogP contribution in [0, 0.1) is 0 Å². The van der Waals surface area contributed by atoms with Crippen molar-refractivity contribution < 1.29 is 28.3 Å². The van der Waals surface area contributed by atoms with Crippen molar-refractivity contribution in [2.75, 3.05) is 11.6 Å². The minimum atomic E-state index is -0.865. The van der Waals surface area contributed by atoms with Gasteiger partial charge in [-0.25, -0.2) is 4.79 Å². The highest BCUT2D eigenvalue weighted by Crippen LogP contribution is 2.36. The summed E-state index contributed by atoms with van der Waals surface area (Å²) in [4.78, 5) is 29.3. The van der Waals surface area contributed by atoms with E-state index in [1.54, 1.807) is 12.3 Å². The maximum absolute atomic E-state index is 13.0. The molecular weight excluding hydrogens is 431 g/mol. The van der Waals surface area contributed by atoms with Gasteiger partial charge in [-0.1, -0.05) is 23.2 Å². The van der Waals surface area contributed by atoms with Gasteiger partial charge in [-0.2, -0.15) is 0 Å². The fourth-order valence-electron chi connectivity index (χ4n) is 2.41. The number of benzene rings is 2. The lowest BCUT2D eigenvalue weighted by molar-refractivity contribution is -0.403. The Bertz CT molecular complexity index is 1060. The van der Waals surface area contributed by atoms with E-state index >= 15 is 0 Å². The van der Waals surface area contributed by atoms with Crippen molar-refractivity contribution in [1.82, 2.24) is 0 Å². The average Bonchev–Trinajstić information content (AvgIpc) is 2.98. The van der Waals surface area contributed by atoms with Crippen LogP contribution < -0.4 is 15.9 Å². The van der Waals surface area contributed by atoms with Crippen LogP contribution in [0.5, 0.6) is 5.75 Å². The molecule has 3 N–H and O–H groups in total. The van der Waals surface area contributed by atoms with Crippen molar-refractivity contribution in [3.8, 4) is 5.75 Å². The van der Waals surface area contributed by atoms with Crippen LogP contribution in [0.3, 0.4) is 0 Å². The third-order valence-electron chi connectivity index (χ3n) is 3.52. The molecule has 0 aliphatic heterocycles. The predicted molar refractivity (Wildman–Crippen MR) is 106 cm³/mol. The quantitative estimate of drug-likeness (QED) is 0.174. The maximum atomic E-state index is 13.0. The molecule has 0 aliphatic carbocycles. The Kier molecular flexibility index (Phi) is 6.32. The number of fused-ring (bicyclic) bond motifs is 1. The van der Waals surface area contributed by atoms with Crippen LogP contribution in [0.15, 0.2) is 40.8 Å². The first-order valence-corrected chi connectivity index (χ1v) is 9.48. The van der Waals surface area contributed by atoms with Gasteiger partial charge in [0, 0.05) is 40.3 Å². The first kappa shape index (κ1) is 20.3. The molecule has 2 amide bonds. The number of furan rings is 1. The fourth-order valence-corrected chi connectivity index (χ4v) is 2.99. The number of carbonyl (C=O) groups is 2. The summed E-state index contributed by atoms with van der Waals surface area (Å²) in [7, 11) is 0. The van der Waals surface area contributed by atoms with Gasteiger partial charge in [-0.05, 0) is 35.4 Å². The first-order valence-electron chi connectivity index (χ1n) is 7.57. The number of rotatable bonds is 7.